The molecule has 0 saturated carbocycles. The predicted molar refractivity (Wildman–Crippen MR) is 106 cm³/mol. The fraction of sp³-hybridized carbons (Fsp3) is 0.500. The van der Waals surface area contributed by atoms with Crippen molar-refractivity contribution in [3.8, 4) is 5.88 Å². The van der Waals surface area contributed by atoms with Gasteiger partial charge < -0.3 is 15.4 Å². The fourth-order valence-electron chi connectivity index (χ4n) is 2.73. The lowest BCUT2D eigenvalue weighted by atomic mass is 10.1. The minimum atomic E-state index is -0.467. The van der Waals surface area contributed by atoms with E-state index >= 15 is 0 Å². The third-order valence-electron chi connectivity index (χ3n) is 3.89. The van der Waals surface area contributed by atoms with Crippen LogP contribution in [0, 0.1) is 12.7 Å². The Morgan fingerprint density at radius 3 is 3.12 bits per heavy atom. The topological polar surface area (TPSA) is 89.2 Å². The summed E-state index contributed by atoms with van der Waals surface area (Å²) >= 11 is 0. The maximum absolute atomic E-state index is 13.4. The van der Waals surface area contributed by atoms with Crippen LogP contribution < -0.4 is 15.4 Å². The van der Waals surface area contributed by atoms with Crippen LogP contribution >= 0.6 is 24.0 Å². The number of pyridine rings is 1. The van der Waals surface area contributed by atoms with E-state index in [0.29, 0.717) is 12.5 Å². The average molecular weight is 475 g/mol. The quantitative estimate of drug-likeness (QED) is 0.294. The van der Waals surface area contributed by atoms with Crippen molar-refractivity contribution in [1.29, 1.82) is 0 Å². The monoisotopic (exact) mass is 475 g/mol. The zero-order chi connectivity index (χ0) is 17.6. The number of halogens is 2. The molecule has 0 aromatic carbocycles. The molecule has 0 aliphatic carbocycles. The third-order valence-corrected chi connectivity index (χ3v) is 3.89. The van der Waals surface area contributed by atoms with Gasteiger partial charge in [-0.3, -0.25) is 4.99 Å². The Bertz CT molecular complexity index is 752. The van der Waals surface area contributed by atoms with Gasteiger partial charge in [0.15, 0.2) is 11.8 Å². The van der Waals surface area contributed by atoms with Gasteiger partial charge in [0, 0.05) is 25.7 Å². The summed E-state index contributed by atoms with van der Waals surface area (Å²) in [6.07, 6.45) is 3.35. The average Bonchev–Trinajstić information content (AvgIpc) is 2.98. The van der Waals surface area contributed by atoms with Gasteiger partial charge in [-0.25, -0.2) is 19.0 Å². The number of fused-ring (bicyclic) bond motifs is 1. The van der Waals surface area contributed by atoms with Crippen LogP contribution in [0.15, 0.2) is 23.3 Å². The molecule has 2 N–H and O–H groups in total. The minimum absolute atomic E-state index is 0. The van der Waals surface area contributed by atoms with Gasteiger partial charge in [0.1, 0.15) is 18.3 Å². The van der Waals surface area contributed by atoms with Crippen LogP contribution in [0.2, 0.25) is 0 Å². The number of guanidine groups is 1. The van der Waals surface area contributed by atoms with Crippen LogP contribution in [0.4, 0.5) is 4.39 Å². The Balaban J connectivity index is 0.00000243. The summed E-state index contributed by atoms with van der Waals surface area (Å²) < 4.78 is 20.7. The number of aromatic nitrogens is 4. The molecular formula is C16H23FIN7O. The van der Waals surface area contributed by atoms with E-state index in [1.54, 1.807) is 7.05 Å². The highest BCUT2D eigenvalue weighted by atomic mass is 127. The summed E-state index contributed by atoms with van der Waals surface area (Å²) in [7, 11) is 1.71. The summed E-state index contributed by atoms with van der Waals surface area (Å²) in [6, 6.07) is 3.08. The van der Waals surface area contributed by atoms with Crippen LogP contribution in [0.1, 0.15) is 18.1 Å². The summed E-state index contributed by atoms with van der Waals surface area (Å²) in [5.41, 5.74) is 0. The van der Waals surface area contributed by atoms with Gasteiger partial charge in [-0.15, -0.1) is 24.0 Å². The van der Waals surface area contributed by atoms with Crippen molar-refractivity contribution in [2.24, 2.45) is 4.99 Å². The van der Waals surface area contributed by atoms with E-state index in [0.717, 1.165) is 31.0 Å². The molecule has 2 aromatic heterocycles. The highest BCUT2D eigenvalue weighted by molar-refractivity contribution is 14.0. The lowest BCUT2D eigenvalue weighted by Gasteiger charge is -2.25. The van der Waals surface area contributed by atoms with Crippen molar-refractivity contribution >= 4 is 29.9 Å². The number of hydrogen-bond acceptors (Lipinski definition) is 5. The van der Waals surface area contributed by atoms with Gasteiger partial charge in [0.25, 0.3) is 0 Å². The Morgan fingerprint density at radius 1 is 1.50 bits per heavy atom. The maximum Gasteiger partial charge on any atom is 0.250 e. The summed E-state index contributed by atoms with van der Waals surface area (Å²) in [5.74, 6) is 2.05. The van der Waals surface area contributed by atoms with Gasteiger partial charge >= 0.3 is 0 Å². The molecule has 1 unspecified atom stereocenters. The molecular weight excluding hydrogens is 452 g/mol. The highest BCUT2D eigenvalue weighted by Crippen LogP contribution is 2.13. The van der Waals surface area contributed by atoms with Crippen molar-refractivity contribution in [2.45, 2.75) is 32.4 Å². The van der Waals surface area contributed by atoms with E-state index in [2.05, 4.69) is 30.7 Å². The van der Waals surface area contributed by atoms with Gasteiger partial charge in [-0.1, -0.05) is 0 Å². The Labute approximate surface area is 168 Å². The SMILES string of the molecule is CN=C(NCCOc1ncccc1F)NC1CCc2nc(C)nn2C1.I. The number of nitrogens with one attached hydrogen (secondary N) is 2. The van der Waals surface area contributed by atoms with Crippen LogP contribution in [-0.2, 0) is 13.0 Å². The van der Waals surface area contributed by atoms with Crippen molar-refractivity contribution in [3.05, 3.63) is 35.8 Å². The van der Waals surface area contributed by atoms with E-state index in [9.17, 15) is 4.39 Å². The Hall–Kier alpha value is -1.98. The molecule has 2 aromatic rings. The summed E-state index contributed by atoms with van der Waals surface area (Å²) in [4.78, 5) is 12.5. The largest absolute Gasteiger partial charge is 0.474 e. The summed E-state index contributed by atoms with van der Waals surface area (Å²) in [5, 5.41) is 10.9. The van der Waals surface area contributed by atoms with Gasteiger partial charge in [0.05, 0.1) is 13.1 Å². The number of aliphatic imine (C=N–C) groups is 1. The Morgan fingerprint density at radius 2 is 2.35 bits per heavy atom. The molecule has 1 aliphatic rings. The standard InChI is InChI=1S/C16H22FN7O.HI/c1-11-21-14-6-5-12(10-24(14)23-11)22-16(18-2)20-8-9-25-15-13(17)4-3-7-19-15;/h3-4,7,12H,5-6,8-10H2,1-2H3,(H2,18,20,22);1H. The number of aryl methyl sites for hydroxylation is 2. The van der Waals surface area contributed by atoms with Crippen LogP contribution in [0.5, 0.6) is 5.88 Å². The highest BCUT2D eigenvalue weighted by Gasteiger charge is 2.21. The summed E-state index contributed by atoms with van der Waals surface area (Å²) in [6.45, 7) is 3.42. The first-order valence-electron chi connectivity index (χ1n) is 8.26. The van der Waals surface area contributed by atoms with Crippen molar-refractivity contribution in [3.63, 3.8) is 0 Å². The van der Waals surface area contributed by atoms with Gasteiger partial charge in [-0.05, 0) is 25.5 Å². The van der Waals surface area contributed by atoms with E-state index in [-0.39, 0.29) is 42.5 Å². The minimum Gasteiger partial charge on any atom is -0.474 e. The first-order chi connectivity index (χ1) is 12.2. The van der Waals surface area contributed by atoms with Crippen LogP contribution in [-0.4, -0.2) is 51.9 Å². The van der Waals surface area contributed by atoms with E-state index in [4.69, 9.17) is 4.74 Å². The second-order valence-electron chi connectivity index (χ2n) is 5.78. The normalized spacial score (nSPS) is 16.4. The first kappa shape index (κ1) is 20.3. The van der Waals surface area contributed by atoms with Gasteiger partial charge in [-0.2, -0.15) is 5.10 Å². The van der Waals surface area contributed by atoms with E-state index in [1.165, 1.54) is 18.3 Å². The molecule has 0 amide bonds. The fourth-order valence-corrected chi connectivity index (χ4v) is 2.73. The van der Waals surface area contributed by atoms with Crippen LogP contribution in [0.25, 0.3) is 0 Å². The van der Waals surface area contributed by atoms with Crippen molar-refractivity contribution in [2.75, 3.05) is 20.2 Å². The molecule has 0 fully saturated rings. The van der Waals surface area contributed by atoms with Crippen molar-refractivity contribution in [1.82, 2.24) is 30.4 Å². The molecule has 0 bridgehead atoms. The second-order valence-corrected chi connectivity index (χ2v) is 5.78. The molecule has 26 heavy (non-hydrogen) atoms. The molecule has 0 spiro atoms. The number of nitrogens with zero attached hydrogens (tertiary/aromatic N) is 5. The smallest absolute Gasteiger partial charge is 0.250 e. The molecule has 8 nitrogen and oxygen atoms in total. The molecule has 10 heteroatoms. The molecule has 142 valence electrons. The number of ether oxygens (including phenoxy) is 1. The molecule has 0 saturated heterocycles. The number of rotatable bonds is 5. The molecule has 3 heterocycles. The second kappa shape index (κ2) is 9.64. The maximum atomic E-state index is 13.4. The van der Waals surface area contributed by atoms with Crippen LogP contribution in [0.3, 0.4) is 0 Å². The third kappa shape index (κ3) is 5.26. The Kier molecular flexibility index (Phi) is 7.54. The first-order valence-corrected chi connectivity index (χ1v) is 8.26. The lowest BCUT2D eigenvalue weighted by Crippen LogP contribution is -2.47. The lowest BCUT2D eigenvalue weighted by molar-refractivity contribution is 0.292. The van der Waals surface area contributed by atoms with Crippen molar-refractivity contribution < 1.29 is 9.13 Å². The molecule has 1 atom stereocenters. The van der Waals surface area contributed by atoms with Gasteiger partial charge in [0.2, 0.25) is 5.88 Å². The molecule has 1 aliphatic heterocycles. The zero-order valence-corrected chi connectivity index (χ0v) is 17.1. The van der Waals surface area contributed by atoms with E-state index in [1.807, 2.05) is 11.6 Å². The zero-order valence-electron chi connectivity index (χ0n) is 14.8. The predicted octanol–water partition coefficient (Wildman–Crippen LogP) is 1.30. The number of hydrogen-bond donors (Lipinski definition) is 2. The molecule has 0 radical (unpaired) electrons. The molecule has 3 rings (SSSR count). The van der Waals surface area contributed by atoms with E-state index < -0.39 is 5.82 Å².